The van der Waals surface area contributed by atoms with Gasteiger partial charge in [-0.3, -0.25) is 4.79 Å². The van der Waals surface area contributed by atoms with Gasteiger partial charge in [0.1, 0.15) is 6.04 Å². The van der Waals surface area contributed by atoms with Gasteiger partial charge in [0.15, 0.2) is 0 Å². The summed E-state index contributed by atoms with van der Waals surface area (Å²) in [4.78, 5) is 12.7. The Morgan fingerprint density at radius 2 is 1.45 bits per heavy atom. The number of ether oxygens (including phenoxy) is 1. The third kappa shape index (κ3) is 6.43. The fourth-order valence-corrected chi connectivity index (χ4v) is 3.21. The molecular formula is C24H27ClN2O2. The van der Waals surface area contributed by atoms with Crippen molar-refractivity contribution in [2.75, 3.05) is 13.7 Å². The second kappa shape index (κ2) is 11.4. The lowest BCUT2D eigenvalue weighted by Gasteiger charge is -2.21. The largest absolute Gasteiger partial charge is 0.383 e. The zero-order chi connectivity index (χ0) is 19.8. The van der Waals surface area contributed by atoms with Crippen LogP contribution in [-0.4, -0.2) is 25.7 Å². The summed E-state index contributed by atoms with van der Waals surface area (Å²) >= 11 is 0. The SMILES string of the molecule is COC[C@H](Cc1ccccc1)NC(=O)[C@H](N)c1ccc(-c2ccccc2)cc1.Cl. The van der Waals surface area contributed by atoms with Crippen LogP contribution in [0, 0.1) is 0 Å². The Balaban J connectivity index is 0.00000300. The van der Waals surface area contributed by atoms with Crippen LogP contribution in [0.1, 0.15) is 17.2 Å². The predicted molar refractivity (Wildman–Crippen MR) is 120 cm³/mol. The van der Waals surface area contributed by atoms with Crippen LogP contribution >= 0.6 is 12.4 Å². The van der Waals surface area contributed by atoms with E-state index in [1.165, 1.54) is 0 Å². The lowest BCUT2D eigenvalue weighted by molar-refractivity contribution is -0.123. The average Bonchev–Trinajstić information content (AvgIpc) is 2.75. The van der Waals surface area contributed by atoms with E-state index in [9.17, 15) is 4.79 Å². The Kier molecular flexibility index (Phi) is 8.87. The number of amides is 1. The third-order valence-corrected chi connectivity index (χ3v) is 4.70. The average molecular weight is 411 g/mol. The van der Waals surface area contributed by atoms with Gasteiger partial charge < -0.3 is 15.8 Å². The summed E-state index contributed by atoms with van der Waals surface area (Å²) in [5, 5.41) is 3.02. The maximum atomic E-state index is 12.7. The van der Waals surface area contributed by atoms with Gasteiger partial charge in [0.2, 0.25) is 5.91 Å². The molecule has 0 spiro atoms. The lowest BCUT2D eigenvalue weighted by Crippen LogP contribution is -2.44. The summed E-state index contributed by atoms with van der Waals surface area (Å²) in [5.74, 6) is -0.203. The summed E-state index contributed by atoms with van der Waals surface area (Å²) < 4.78 is 5.27. The first kappa shape index (κ1) is 22.6. The molecule has 3 aromatic carbocycles. The van der Waals surface area contributed by atoms with E-state index in [2.05, 4.69) is 17.4 Å². The molecule has 0 aromatic heterocycles. The van der Waals surface area contributed by atoms with E-state index < -0.39 is 6.04 Å². The first-order chi connectivity index (χ1) is 13.7. The van der Waals surface area contributed by atoms with Crippen LogP contribution in [0.2, 0.25) is 0 Å². The van der Waals surface area contributed by atoms with Crippen molar-refractivity contribution >= 4 is 18.3 Å². The summed E-state index contributed by atoms with van der Waals surface area (Å²) in [7, 11) is 1.63. The molecular weight excluding hydrogens is 384 g/mol. The monoisotopic (exact) mass is 410 g/mol. The van der Waals surface area contributed by atoms with Crippen molar-refractivity contribution in [2.45, 2.75) is 18.5 Å². The van der Waals surface area contributed by atoms with Crippen LogP contribution < -0.4 is 11.1 Å². The van der Waals surface area contributed by atoms with E-state index in [1.807, 2.05) is 72.8 Å². The van der Waals surface area contributed by atoms with Gasteiger partial charge in [-0.25, -0.2) is 0 Å². The maximum absolute atomic E-state index is 12.7. The molecule has 3 aromatic rings. The molecule has 1 amide bonds. The molecule has 5 heteroatoms. The molecule has 0 aliphatic carbocycles. The molecule has 0 saturated heterocycles. The molecule has 2 atom stereocenters. The Labute approximate surface area is 178 Å². The molecule has 0 saturated carbocycles. The van der Waals surface area contributed by atoms with Crippen LogP contribution in [0.4, 0.5) is 0 Å². The summed E-state index contributed by atoms with van der Waals surface area (Å²) in [6.07, 6.45) is 0.695. The van der Waals surface area contributed by atoms with Crippen LogP contribution in [0.5, 0.6) is 0 Å². The van der Waals surface area contributed by atoms with Crippen LogP contribution in [-0.2, 0) is 16.0 Å². The predicted octanol–water partition coefficient (Wildman–Crippen LogP) is 4.15. The van der Waals surface area contributed by atoms with E-state index in [1.54, 1.807) is 7.11 Å². The smallest absolute Gasteiger partial charge is 0.241 e. The molecule has 0 aliphatic rings. The van der Waals surface area contributed by atoms with Gasteiger partial charge in [0.05, 0.1) is 12.6 Å². The number of benzene rings is 3. The van der Waals surface area contributed by atoms with E-state index in [-0.39, 0.29) is 24.4 Å². The standard InChI is InChI=1S/C24H26N2O2.ClH/c1-28-17-22(16-18-8-4-2-5-9-18)26-24(27)23(25)21-14-12-20(13-15-21)19-10-6-3-7-11-19;/h2-15,22-23H,16-17,25H2,1H3,(H,26,27);1H/t22-,23+;/m0./s1. The van der Waals surface area contributed by atoms with E-state index >= 15 is 0 Å². The number of methoxy groups -OCH3 is 1. The van der Waals surface area contributed by atoms with Crippen molar-refractivity contribution in [3.8, 4) is 11.1 Å². The number of carbonyl (C=O) groups excluding carboxylic acids is 1. The Morgan fingerprint density at radius 3 is 2.03 bits per heavy atom. The highest BCUT2D eigenvalue weighted by Crippen LogP contribution is 2.21. The van der Waals surface area contributed by atoms with Gasteiger partial charge in [-0.2, -0.15) is 0 Å². The lowest BCUT2D eigenvalue weighted by atomic mass is 10.00. The van der Waals surface area contributed by atoms with Crippen molar-refractivity contribution in [2.24, 2.45) is 5.73 Å². The number of hydrogen-bond acceptors (Lipinski definition) is 3. The van der Waals surface area contributed by atoms with Gasteiger partial charge in [0, 0.05) is 7.11 Å². The molecule has 29 heavy (non-hydrogen) atoms. The highest BCUT2D eigenvalue weighted by atomic mass is 35.5. The number of nitrogens with two attached hydrogens (primary N) is 1. The second-order valence-corrected chi connectivity index (χ2v) is 6.82. The van der Waals surface area contributed by atoms with Gasteiger partial charge in [-0.15, -0.1) is 12.4 Å². The minimum Gasteiger partial charge on any atom is -0.383 e. The van der Waals surface area contributed by atoms with Gasteiger partial charge in [-0.05, 0) is 28.7 Å². The van der Waals surface area contributed by atoms with Gasteiger partial charge in [0.25, 0.3) is 0 Å². The number of rotatable bonds is 8. The fourth-order valence-electron chi connectivity index (χ4n) is 3.21. The number of halogens is 1. The minimum atomic E-state index is -0.722. The Hall–Kier alpha value is -2.66. The quantitative estimate of drug-likeness (QED) is 0.586. The van der Waals surface area contributed by atoms with Crippen molar-refractivity contribution in [3.63, 3.8) is 0 Å². The maximum Gasteiger partial charge on any atom is 0.241 e. The second-order valence-electron chi connectivity index (χ2n) is 6.82. The van der Waals surface area contributed by atoms with Crippen LogP contribution in [0.15, 0.2) is 84.9 Å². The van der Waals surface area contributed by atoms with E-state index in [0.29, 0.717) is 13.0 Å². The first-order valence-corrected chi connectivity index (χ1v) is 9.41. The molecule has 0 bridgehead atoms. The van der Waals surface area contributed by atoms with Crippen molar-refractivity contribution in [1.29, 1.82) is 0 Å². The molecule has 152 valence electrons. The van der Waals surface area contributed by atoms with Crippen LogP contribution in [0.25, 0.3) is 11.1 Å². The first-order valence-electron chi connectivity index (χ1n) is 9.41. The summed E-state index contributed by atoms with van der Waals surface area (Å²) in [6.45, 7) is 0.431. The van der Waals surface area contributed by atoms with Gasteiger partial charge in [-0.1, -0.05) is 84.9 Å². The fraction of sp³-hybridized carbons (Fsp3) is 0.208. The van der Waals surface area contributed by atoms with Crippen molar-refractivity contribution < 1.29 is 9.53 Å². The summed E-state index contributed by atoms with van der Waals surface area (Å²) in [5.41, 5.74) is 10.4. The van der Waals surface area contributed by atoms with E-state index in [0.717, 1.165) is 22.3 Å². The highest BCUT2D eigenvalue weighted by molar-refractivity contribution is 5.85. The molecule has 0 fully saturated rings. The molecule has 0 aliphatic heterocycles. The number of carbonyl (C=O) groups is 1. The molecule has 4 nitrogen and oxygen atoms in total. The Morgan fingerprint density at radius 1 is 0.897 bits per heavy atom. The van der Waals surface area contributed by atoms with E-state index in [4.69, 9.17) is 10.5 Å². The zero-order valence-electron chi connectivity index (χ0n) is 16.5. The molecule has 0 radical (unpaired) electrons. The number of hydrogen-bond donors (Lipinski definition) is 2. The molecule has 3 rings (SSSR count). The number of nitrogens with one attached hydrogen (secondary N) is 1. The molecule has 0 unspecified atom stereocenters. The minimum absolute atomic E-state index is 0. The third-order valence-electron chi connectivity index (χ3n) is 4.70. The highest BCUT2D eigenvalue weighted by Gasteiger charge is 2.20. The van der Waals surface area contributed by atoms with Crippen LogP contribution in [0.3, 0.4) is 0 Å². The Bertz CT molecular complexity index is 870. The molecule has 0 heterocycles. The van der Waals surface area contributed by atoms with Crippen molar-refractivity contribution in [3.05, 3.63) is 96.1 Å². The van der Waals surface area contributed by atoms with Gasteiger partial charge >= 0.3 is 0 Å². The summed E-state index contributed by atoms with van der Waals surface area (Å²) in [6, 6.07) is 27.1. The molecule has 3 N–H and O–H groups in total. The zero-order valence-corrected chi connectivity index (χ0v) is 17.3. The van der Waals surface area contributed by atoms with Crippen molar-refractivity contribution in [1.82, 2.24) is 5.32 Å². The normalized spacial score (nSPS) is 12.5. The topological polar surface area (TPSA) is 64.3 Å².